The molecule has 0 spiro atoms. The minimum absolute atomic E-state index is 0.0534. The Morgan fingerprint density at radius 2 is 2.35 bits per heavy atom. The minimum Gasteiger partial charge on any atom is -0.481 e. The largest absolute Gasteiger partial charge is 0.481 e. The van der Waals surface area contributed by atoms with Crippen molar-refractivity contribution in [1.29, 1.82) is 0 Å². The second-order valence-electron chi connectivity index (χ2n) is 5.00. The van der Waals surface area contributed by atoms with Gasteiger partial charge in [0.15, 0.2) is 0 Å². The molecular weight excluding hydrogens is 278 g/mol. The van der Waals surface area contributed by atoms with Crippen LogP contribution in [0.5, 0.6) is 0 Å². The van der Waals surface area contributed by atoms with Gasteiger partial charge in [-0.05, 0) is 25.3 Å². The van der Waals surface area contributed by atoms with Crippen molar-refractivity contribution in [2.45, 2.75) is 25.7 Å². The molecule has 2 heterocycles. The highest BCUT2D eigenvalue weighted by Gasteiger charge is 2.28. The number of amides is 1. The number of hydrogen-bond donors (Lipinski definition) is 2. The molecule has 0 radical (unpaired) electrons. The second-order valence-corrected chi connectivity index (χ2v) is 5.95. The summed E-state index contributed by atoms with van der Waals surface area (Å²) in [6.07, 6.45) is 2.37. The first kappa shape index (κ1) is 14.9. The van der Waals surface area contributed by atoms with Crippen molar-refractivity contribution in [2.75, 3.05) is 19.6 Å². The van der Waals surface area contributed by atoms with Crippen LogP contribution in [-0.2, 0) is 11.2 Å². The van der Waals surface area contributed by atoms with Crippen molar-refractivity contribution in [3.05, 3.63) is 16.1 Å². The summed E-state index contributed by atoms with van der Waals surface area (Å²) in [6.45, 7) is 1.85. The van der Waals surface area contributed by atoms with E-state index < -0.39 is 5.97 Å². The summed E-state index contributed by atoms with van der Waals surface area (Å²) in [6, 6.07) is 0. The smallest absolute Gasteiger partial charge is 0.303 e. The molecular formula is C13H19N3O3S. The van der Waals surface area contributed by atoms with E-state index in [0.29, 0.717) is 38.2 Å². The standard InChI is InChI=1S/C13H19N3O3S/c14-5-3-11-15-10(8-20-11)13(19)16-6-4-9(7-16)1-2-12(17)18/h8-9H,1-7,14H2,(H,17,18). The van der Waals surface area contributed by atoms with Crippen molar-refractivity contribution in [3.63, 3.8) is 0 Å². The third-order valence-electron chi connectivity index (χ3n) is 3.47. The number of carbonyl (C=O) groups excluding carboxylic acids is 1. The maximum atomic E-state index is 12.3. The topological polar surface area (TPSA) is 96.5 Å². The Morgan fingerprint density at radius 3 is 3.05 bits per heavy atom. The SMILES string of the molecule is NCCc1nc(C(=O)N2CCC(CCC(=O)O)C2)cs1. The molecule has 1 aromatic heterocycles. The minimum atomic E-state index is -0.777. The number of rotatable bonds is 6. The average molecular weight is 297 g/mol. The molecule has 3 N–H and O–H groups in total. The van der Waals surface area contributed by atoms with E-state index in [1.807, 2.05) is 0 Å². The van der Waals surface area contributed by atoms with Crippen LogP contribution in [0.15, 0.2) is 5.38 Å². The molecule has 0 saturated carbocycles. The normalized spacial score (nSPS) is 18.4. The highest BCUT2D eigenvalue weighted by atomic mass is 32.1. The first-order chi connectivity index (χ1) is 9.60. The molecule has 1 unspecified atom stereocenters. The summed E-state index contributed by atoms with van der Waals surface area (Å²) in [5.74, 6) is -0.541. The Bertz CT molecular complexity index is 489. The van der Waals surface area contributed by atoms with Crippen molar-refractivity contribution in [2.24, 2.45) is 11.7 Å². The van der Waals surface area contributed by atoms with Crippen LogP contribution in [0.3, 0.4) is 0 Å². The molecule has 1 atom stereocenters. The zero-order chi connectivity index (χ0) is 14.5. The van der Waals surface area contributed by atoms with E-state index in [9.17, 15) is 9.59 Å². The zero-order valence-corrected chi connectivity index (χ0v) is 12.1. The lowest BCUT2D eigenvalue weighted by atomic mass is 10.0. The van der Waals surface area contributed by atoms with Gasteiger partial charge in [0.05, 0.1) is 5.01 Å². The molecule has 1 saturated heterocycles. The van der Waals surface area contributed by atoms with E-state index >= 15 is 0 Å². The Kier molecular flexibility index (Phi) is 5.08. The van der Waals surface area contributed by atoms with Crippen molar-refractivity contribution >= 4 is 23.2 Å². The molecule has 1 aromatic rings. The van der Waals surface area contributed by atoms with Crippen LogP contribution in [0.2, 0.25) is 0 Å². The summed E-state index contributed by atoms with van der Waals surface area (Å²) in [5.41, 5.74) is 5.95. The van der Waals surface area contributed by atoms with E-state index in [2.05, 4.69) is 4.98 Å². The van der Waals surface area contributed by atoms with Gasteiger partial charge in [-0.15, -0.1) is 11.3 Å². The van der Waals surface area contributed by atoms with Gasteiger partial charge in [-0.2, -0.15) is 0 Å². The van der Waals surface area contributed by atoms with Crippen molar-refractivity contribution in [1.82, 2.24) is 9.88 Å². The van der Waals surface area contributed by atoms with Crippen molar-refractivity contribution < 1.29 is 14.7 Å². The number of nitrogens with two attached hydrogens (primary N) is 1. The first-order valence-electron chi connectivity index (χ1n) is 6.75. The van der Waals surface area contributed by atoms with Crippen LogP contribution in [0.4, 0.5) is 0 Å². The molecule has 1 fully saturated rings. The van der Waals surface area contributed by atoms with Gasteiger partial charge in [0.2, 0.25) is 0 Å². The molecule has 1 aliphatic heterocycles. The summed E-state index contributed by atoms with van der Waals surface area (Å²) in [5, 5.41) is 11.3. The van der Waals surface area contributed by atoms with E-state index in [1.54, 1.807) is 10.3 Å². The maximum absolute atomic E-state index is 12.3. The lowest BCUT2D eigenvalue weighted by Gasteiger charge is -2.14. The van der Waals surface area contributed by atoms with Gasteiger partial charge in [0, 0.05) is 31.3 Å². The lowest BCUT2D eigenvalue weighted by Crippen LogP contribution is -2.29. The maximum Gasteiger partial charge on any atom is 0.303 e. The monoisotopic (exact) mass is 297 g/mol. The Balaban J connectivity index is 1.88. The highest BCUT2D eigenvalue weighted by Crippen LogP contribution is 2.23. The molecule has 6 nitrogen and oxygen atoms in total. The number of likely N-dealkylation sites (tertiary alicyclic amines) is 1. The number of aliphatic carboxylic acids is 1. The molecule has 2 rings (SSSR count). The molecule has 20 heavy (non-hydrogen) atoms. The predicted molar refractivity (Wildman–Crippen MR) is 75.8 cm³/mol. The summed E-state index contributed by atoms with van der Waals surface area (Å²) >= 11 is 1.46. The number of thiazole rings is 1. The van der Waals surface area contributed by atoms with Gasteiger partial charge >= 0.3 is 5.97 Å². The zero-order valence-electron chi connectivity index (χ0n) is 11.2. The fourth-order valence-electron chi connectivity index (χ4n) is 2.39. The van der Waals surface area contributed by atoms with Crippen LogP contribution in [0, 0.1) is 5.92 Å². The van der Waals surface area contributed by atoms with E-state index in [-0.39, 0.29) is 18.2 Å². The number of carboxylic acids is 1. The van der Waals surface area contributed by atoms with Crippen LogP contribution in [-0.4, -0.2) is 46.5 Å². The quantitative estimate of drug-likeness (QED) is 0.815. The number of hydrogen-bond acceptors (Lipinski definition) is 5. The Labute approximate surface area is 121 Å². The van der Waals surface area contributed by atoms with Crippen LogP contribution >= 0.6 is 11.3 Å². The molecule has 0 bridgehead atoms. The van der Waals surface area contributed by atoms with Gasteiger partial charge in [-0.1, -0.05) is 0 Å². The van der Waals surface area contributed by atoms with Gasteiger partial charge < -0.3 is 15.7 Å². The molecule has 110 valence electrons. The summed E-state index contributed by atoms with van der Waals surface area (Å²) < 4.78 is 0. The van der Waals surface area contributed by atoms with E-state index in [0.717, 1.165) is 11.4 Å². The fraction of sp³-hybridized carbons (Fsp3) is 0.615. The third-order valence-corrected chi connectivity index (χ3v) is 4.38. The lowest BCUT2D eigenvalue weighted by molar-refractivity contribution is -0.137. The number of carboxylic acid groups (broad SMARTS) is 1. The second kappa shape index (κ2) is 6.81. The highest BCUT2D eigenvalue weighted by molar-refractivity contribution is 7.09. The van der Waals surface area contributed by atoms with Gasteiger partial charge in [-0.25, -0.2) is 4.98 Å². The number of aromatic nitrogens is 1. The average Bonchev–Trinajstić information content (AvgIpc) is 3.05. The van der Waals surface area contributed by atoms with Gasteiger partial charge in [-0.3, -0.25) is 9.59 Å². The first-order valence-corrected chi connectivity index (χ1v) is 7.63. The van der Waals surface area contributed by atoms with Gasteiger partial charge in [0.25, 0.3) is 5.91 Å². The number of nitrogens with zero attached hydrogens (tertiary/aromatic N) is 2. The van der Waals surface area contributed by atoms with Crippen LogP contribution in [0.1, 0.15) is 34.8 Å². The van der Waals surface area contributed by atoms with Crippen molar-refractivity contribution in [3.8, 4) is 0 Å². The third kappa shape index (κ3) is 3.77. The van der Waals surface area contributed by atoms with Crippen LogP contribution < -0.4 is 5.73 Å². The predicted octanol–water partition coefficient (Wildman–Crippen LogP) is 0.971. The van der Waals surface area contributed by atoms with E-state index in [1.165, 1.54) is 11.3 Å². The molecule has 0 aliphatic carbocycles. The summed E-state index contributed by atoms with van der Waals surface area (Å²) in [4.78, 5) is 28.9. The molecule has 0 aromatic carbocycles. The van der Waals surface area contributed by atoms with Gasteiger partial charge in [0.1, 0.15) is 5.69 Å². The molecule has 1 aliphatic rings. The molecule has 1 amide bonds. The summed E-state index contributed by atoms with van der Waals surface area (Å²) in [7, 11) is 0. The Morgan fingerprint density at radius 1 is 1.55 bits per heavy atom. The fourth-order valence-corrected chi connectivity index (χ4v) is 3.18. The molecule has 7 heteroatoms. The van der Waals surface area contributed by atoms with E-state index in [4.69, 9.17) is 10.8 Å². The number of carbonyl (C=O) groups is 2. The Hall–Kier alpha value is -1.47. The van der Waals surface area contributed by atoms with Crippen LogP contribution in [0.25, 0.3) is 0 Å².